The Morgan fingerprint density at radius 1 is 1.37 bits per heavy atom. The summed E-state index contributed by atoms with van der Waals surface area (Å²) >= 11 is 2.02. The Balaban J connectivity index is 2.09. The number of benzene rings is 1. The highest BCUT2D eigenvalue weighted by Crippen LogP contribution is 2.33. The summed E-state index contributed by atoms with van der Waals surface area (Å²) in [6.45, 7) is 6.14. The molecule has 1 atom stereocenters. The molecule has 0 radical (unpaired) electrons. The molecule has 0 bridgehead atoms. The first-order valence-corrected chi connectivity index (χ1v) is 8.16. The Labute approximate surface area is 121 Å². The van der Waals surface area contributed by atoms with Crippen LogP contribution in [-0.2, 0) is 11.2 Å². The van der Waals surface area contributed by atoms with Gasteiger partial charge in [-0.05, 0) is 44.2 Å². The van der Waals surface area contributed by atoms with Crippen LogP contribution in [0.3, 0.4) is 0 Å². The van der Waals surface area contributed by atoms with Crippen molar-refractivity contribution in [3.63, 3.8) is 0 Å². The van der Waals surface area contributed by atoms with E-state index in [1.807, 2.05) is 11.8 Å². The van der Waals surface area contributed by atoms with E-state index >= 15 is 0 Å². The van der Waals surface area contributed by atoms with Crippen LogP contribution in [0.4, 0.5) is 0 Å². The van der Waals surface area contributed by atoms with Crippen LogP contribution in [0.15, 0.2) is 23.1 Å². The SMILES string of the molecule is CCC(N)Cc1cc(C)ccc1SC1CCOCC1. The van der Waals surface area contributed by atoms with E-state index in [-0.39, 0.29) is 6.04 Å². The van der Waals surface area contributed by atoms with Gasteiger partial charge in [-0.1, -0.05) is 24.6 Å². The second-order valence-corrected chi connectivity index (χ2v) is 6.76. The normalized spacial score (nSPS) is 18.5. The molecule has 2 rings (SSSR count). The molecule has 0 saturated carbocycles. The van der Waals surface area contributed by atoms with Gasteiger partial charge in [0, 0.05) is 29.4 Å². The second kappa shape index (κ2) is 7.32. The molecule has 0 aliphatic carbocycles. The Bertz CT molecular complexity index is 402. The van der Waals surface area contributed by atoms with Gasteiger partial charge in [0.15, 0.2) is 0 Å². The van der Waals surface area contributed by atoms with Crippen molar-refractivity contribution in [2.24, 2.45) is 5.73 Å². The number of aryl methyl sites for hydroxylation is 1. The molecule has 1 aliphatic rings. The molecular formula is C16H25NOS. The zero-order chi connectivity index (χ0) is 13.7. The van der Waals surface area contributed by atoms with Crippen LogP contribution in [-0.4, -0.2) is 24.5 Å². The number of nitrogens with two attached hydrogens (primary N) is 1. The van der Waals surface area contributed by atoms with Gasteiger partial charge in [0.25, 0.3) is 0 Å². The first kappa shape index (κ1) is 14.9. The van der Waals surface area contributed by atoms with Crippen molar-refractivity contribution < 1.29 is 4.74 Å². The Morgan fingerprint density at radius 3 is 2.79 bits per heavy atom. The number of thioether (sulfide) groups is 1. The lowest BCUT2D eigenvalue weighted by Gasteiger charge is -2.23. The largest absolute Gasteiger partial charge is 0.381 e. The van der Waals surface area contributed by atoms with Gasteiger partial charge >= 0.3 is 0 Å². The quantitative estimate of drug-likeness (QED) is 0.895. The summed E-state index contributed by atoms with van der Waals surface area (Å²) in [4.78, 5) is 1.42. The fraction of sp³-hybridized carbons (Fsp3) is 0.625. The highest BCUT2D eigenvalue weighted by molar-refractivity contribution is 8.00. The predicted molar refractivity (Wildman–Crippen MR) is 82.8 cm³/mol. The van der Waals surface area contributed by atoms with Crippen LogP contribution in [0.1, 0.15) is 37.3 Å². The third-order valence-corrected chi connectivity index (χ3v) is 5.14. The number of ether oxygens (including phenoxy) is 1. The summed E-state index contributed by atoms with van der Waals surface area (Å²) in [5.74, 6) is 0. The summed E-state index contributed by atoms with van der Waals surface area (Å²) < 4.78 is 5.44. The van der Waals surface area contributed by atoms with Crippen molar-refractivity contribution in [2.75, 3.05) is 13.2 Å². The summed E-state index contributed by atoms with van der Waals surface area (Å²) in [7, 11) is 0. The fourth-order valence-electron chi connectivity index (χ4n) is 2.38. The minimum absolute atomic E-state index is 0.274. The second-order valence-electron chi connectivity index (χ2n) is 5.41. The molecule has 1 saturated heterocycles. The average molecular weight is 279 g/mol. The molecule has 1 aromatic carbocycles. The van der Waals surface area contributed by atoms with Crippen LogP contribution >= 0.6 is 11.8 Å². The molecule has 1 aromatic rings. The van der Waals surface area contributed by atoms with E-state index in [0.717, 1.165) is 38.9 Å². The Morgan fingerprint density at radius 2 is 2.11 bits per heavy atom. The van der Waals surface area contributed by atoms with Gasteiger partial charge in [-0.3, -0.25) is 0 Å². The van der Waals surface area contributed by atoms with Crippen LogP contribution in [0.2, 0.25) is 0 Å². The smallest absolute Gasteiger partial charge is 0.0476 e. The topological polar surface area (TPSA) is 35.2 Å². The first-order valence-electron chi connectivity index (χ1n) is 7.28. The van der Waals surface area contributed by atoms with Crippen molar-refractivity contribution in [1.82, 2.24) is 0 Å². The van der Waals surface area contributed by atoms with Crippen molar-refractivity contribution >= 4 is 11.8 Å². The van der Waals surface area contributed by atoms with Gasteiger partial charge in [0.2, 0.25) is 0 Å². The van der Waals surface area contributed by atoms with Crippen LogP contribution in [0.5, 0.6) is 0 Å². The standard InChI is InChI=1S/C16H25NOS/c1-3-14(17)11-13-10-12(2)4-5-16(13)19-15-6-8-18-9-7-15/h4-5,10,14-15H,3,6-9,11,17H2,1-2H3. The Kier molecular flexibility index (Phi) is 5.74. The highest BCUT2D eigenvalue weighted by Gasteiger charge is 2.17. The van der Waals surface area contributed by atoms with E-state index in [2.05, 4.69) is 32.0 Å². The number of hydrogen-bond acceptors (Lipinski definition) is 3. The fourth-order valence-corrected chi connectivity index (χ4v) is 3.61. The van der Waals surface area contributed by atoms with Gasteiger partial charge in [0.05, 0.1) is 0 Å². The lowest BCUT2D eigenvalue weighted by molar-refractivity contribution is 0.1000. The molecule has 19 heavy (non-hydrogen) atoms. The number of hydrogen-bond donors (Lipinski definition) is 1. The van der Waals surface area contributed by atoms with Crippen molar-refractivity contribution in [2.45, 2.75) is 55.7 Å². The maximum atomic E-state index is 6.13. The molecule has 1 fully saturated rings. The zero-order valence-corrected chi connectivity index (χ0v) is 12.8. The van der Waals surface area contributed by atoms with Gasteiger partial charge in [-0.2, -0.15) is 0 Å². The van der Waals surface area contributed by atoms with Crippen LogP contribution in [0.25, 0.3) is 0 Å². The summed E-state index contributed by atoms with van der Waals surface area (Å²) in [6, 6.07) is 7.06. The van der Waals surface area contributed by atoms with Crippen molar-refractivity contribution in [1.29, 1.82) is 0 Å². The minimum Gasteiger partial charge on any atom is -0.381 e. The molecule has 1 aliphatic heterocycles. The van der Waals surface area contributed by atoms with E-state index in [1.165, 1.54) is 16.0 Å². The third kappa shape index (κ3) is 4.51. The van der Waals surface area contributed by atoms with E-state index in [9.17, 15) is 0 Å². The molecule has 1 heterocycles. The van der Waals surface area contributed by atoms with Gasteiger partial charge < -0.3 is 10.5 Å². The summed E-state index contributed by atoms with van der Waals surface area (Å²) in [6.07, 6.45) is 4.36. The highest BCUT2D eigenvalue weighted by atomic mass is 32.2. The number of rotatable bonds is 5. The van der Waals surface area contributed by atoms with E-state index in [4.69, 9.17) is 10.5 Å². The van der Waals surface area contributed by atoms with Gasteiger partial charge in [0.1, 0.15) is 0 Å². The lowest BCUT2D eigenvalue weighted by atomic mass is 10.0. The molecule has 0 aromatic heterocycles. The van der Waals surface area contributed by atoms with Crippen molar-refractivity contribution in [3.05, 3.63) is 29.3 Å². The molecular weight excluding hydrogens is 254 g/mol. The van der Waals surface area contributed by atoms with E-state index < -0.39 is 0 Å². The van der Waals surface area contributed by atoms with Gasteiger partial charge in [-0.25, -0.2) is 0 Å². The molecule has 0 spiro atoms. The minimum atomic E-state index is 0.274. The molecule has 2 nitrogen and oxygen atoms in total. The molecule has 2 N–H and O–H groups in total. The lowest BCUT2D eigenvalue weighted by Crippen LogP contribution is -2.22. The van der Waals surface area contributed by atoms with Crippen LogP contribution in [0, 0.1) is 6.92 Å². The molecule has 0 amide bonds. The van der Waals surface area contributed by atoms with E-state index in [1.54, 1.807) is 0 Å². The summed E-state index contributed by atoms with van der Waals surface area (Å²) in [5, 5.41) is 0.702. The monoisotopic (exact) mass is 279 g/mol. The van der Waals surface area contributed by atoms with Crippen molar-refractivity contribution in [3.8, 4) is 0 Å². The molecule has 1 unspecified atom stereocenters. The predicted octanol–water partition coefficient (Wildman–Crippen LogP) is 3.55. The molecule has 106 valence electrons. The molecule has 3 heteroatoms. The third-order valence-electron chi connectivity index (χ3n) is 3.68. The Hall–Kier alpha value is -0.510. The first-order chi connectivity index (χ1) is 9.19. The maximum absolute atomic E-state index is 6.13. The maximum Gasteiger partial charge on any atom is 0.0476 e. The summed E-state index contributed by atoms with van der Waals surface area (Å²) in [5.41, 5.74) is 8.88. The van der Waals surface area contributed by atoms with E-state index in [0.29, 0.717) is 5.25 Å². The van der Waals surface area contributed by atoms with Crippen LogP contribution < -0.4 is 5.73 Å². The van der Waals surface area contributed by atoms with Gasteiger partial charge in [-0.15, -0.1) is 11.8 Å². The average Bonchev–Trinajstić information content (AvgIpc) is 2.43. The zero-order valence-electron chi connectivity index (χ0n) is 12.0.